The number of rotatable bonds is 5. The van der Waals surface area contributed by atoms with Crippen LogP contribution in [-0.2, 0) is 12.8 Å². The van der Waals surface area contributed by atoms with Gasteiger partial charge < -0.3 is 10.1 Å². The quantitative estimate of drug-likeness (QED) is 0.638. The highest BCUT2D eigenvalue weighted by Crippen LogP contribution is 2.40. The average molecular weight is 368 g/mol. The number of fused-ring (bicyclic) bond motifs is 3. The number of aryl methyl sites for hydroxylation is 1. The summed E-state index contributed by atoms with van der Waals surface area (Å²) in [5.41, 5.74) is 2.47. The van der Waals surface area contributed by atoms with Crippen molar-refractivity contribution in [3.8, 4) is 5.75 Å². The molecular weight excluding hydrogens is 342 g/mol. The number of anilines is 2. The zero-order valence-corrected chi connectivity index (χ0v) is 16.4. The van der Waals surface area contributed by atoms with E-state index in [1.165, 1.54) is 22.2 Å². The minimum atomic E-state index is 0.523. The van der Waals surface area contributed by atoms with Gasteiger partial charge in [-0.2, -0.15) is 0 Å². The Balaban J connectivity index is 1.59. The van der Waals surface area contributed by atoms with Crippen molar-refractivity contribution >= 4 is 33.1 Å². The first-order valence-corrected chi connectivity index (χ1v) is 10.2. The highest BCUT2D eigenvalue weighted by molar-refractivity contribution is 7.19. The Morgan fingerprint density at radius 1 is 1.23 bits per heavy atom. The number of nitrogens with one attached hydrogen (secondary N) is 1. The molecule has 1 N–H and O–H groups in total. The second-order valence-electron chi connectivity index (χ2n) is 7.61. The van der Waals surface area contributed by atoms with Crippen LogP contribution < -0.4 is 10.1 Å². The first-order chi connectivity index (χ1) is 12.6. The van der Waals surface area contributed by atoms with Gasteiger partial charge >= 0.3 is 0 Å². The van der Waals surface area contributed by atoms with E-state index in [4.69, 9.17) is 4.74 Å². The van der Waals surface area contributed by atoms with E-state index in [0.717, 1.165) is 47.5 Å². The van der Waals surface area contributed by atoms with Gasteiger partial charge in [0.25, 0.3) is 0 Å². The monoisotopic (exact) mass is 367 g/mol. The molecular formula is C21H25N3OS. The molecule has 4 nitrogen and oxygen atoms in total. The second-order valence-corrected chi connectivity index (χ2v) is 8.69. The molecule has 3 aromatic rings. The normalized spacial score (nSPS) is 16.7. The molecule has 1 aliphatic rings. The van der Waals surface area contributed by atoms with Crippen LogP contribution in [0.15, 0.2) is 30.6 Å². The van der Waals surface area contributed by atoms with Crippen molar-refractivity contribution in [3.63, 3.8) is 0 Å². The number of benzene rings is 1. The van der Waals surface area contributed by atoms with Gasteiger partial charge in [0.15, 0.2) is 0 Å². The Labute approximate surface area is 158 Å². The molecule has 1 aromatic carbocycles. The number of hydrogen-bond acceptors (Lipinski definition) is 5. The van der Waals surface area contributed by atoms with Crippen LogP contribution in [0.5, 0.6) is 5.75 Å². The Morgan fingerprint density at radius 3 is 2.81 bits per heavy atom. The molecule has 0 radical (unpaired) electrons. The van der Waals surface area contributed by atoms with Gasteiger partial charge in [0.05, 0.1) is 12.0 Å². The fourth-order valence-corrected chi connectivity index (χ4v) is 4.75. The molecule has 136 valence electrons. The third-order valence-corrected chi connectivity index (χ3v) is 5.95. The van der Waals surface area contributed by atoms with Gasteiger partial charge in [-0.05, 0) is 60.9 Å². The molecule has 0 fully saturated rings. The van der Waals surface area contributed by atoms with Gasteiger partial charge in [-0.3, -0.25) is 0 Å². The second kappa shape index (κ2) is 7.23. The molecule has 0 saturated heterocycles. The van der Waals surface area contributed by atoms with Gasteiger partial charge in [-0.15, -0.1) is 11.3 Å². The molecule has 1 unspecified atom stereocenters. The van der Waals surface area contributed by atoms with Crippen molar-refractivity contribution in [2.45, 2.75) is 40.0 Å². The number of aromatic nitrogens is 2. The van der Waals surface area contributed by atoms with E-state index >= 15 is 0 Å². The SMILES string of the molecule is CC(C)COc1ccc(Nc2ncnc3sc4c(c23)CCC(C)C4)cc1. The van der Waals surface area contributed by atoms with Gasteiger partial charge in [0.1, 0.15) is 22.7 Å². The van der Waals surface area contributed by atoms with Crippen molar-refractivity contribution in [1.29, 1.82) is 0 Å². The van der Waals surface area contributed by atoms with E-state index < -0.39 is 0 Å². The minimum Gasteiger partial charge on any atom is -0.493 e. The summed E-state index contributed by atoms with van der Waals surface area (Å²) in [5.74, 6) is 3.10. The minimum absolute atomic E-state index is 0.523. The molecule has 0 saturated carbocycles. The summed E-state index contributed by atoms with van der Waals surface area (Å²) in [5, 5.41) is 4.69. The van der Waals surface area contributed by atoms with Crippen LogP contribution in [0.3, 0.4) is 0 Å². The largest absolute Gasteiger partial charge is 0.493 e. The predicted octanol–water partition coefficient (Wildman–Crippen LogP) is 5.59. The maximum atomic E-state index is 5.76. The molecule has 1 aliphatic carbocycles. The van der Waals surface area contributed by atoms with Crippen LogP contribution in [0, 0.1) is 11.8 Å². The summed E-state index contributed by atoms with van der Waals surface area (Å²) in [6, 6.07) is 8.11. The lowest BCUT2D eigenvalue weighted by atomic mass is 9.89. The number of ether oxygens (including phenoxy) is 1. The lowest BCUT2D eigenvalue weighted by Gasteiger charge is -2.18. The molecule has 26 heavy (non-hydrogen) atoms. The van der Waals surface area contributed by atoms with E-state index in [1.807, 2.05) is 35.6 Å². The molecule has 5 heteroatoms. The van der Waals surface area contributed by atoms with Crippen LogP contribution >= 0.6 is 11.3 Å². The summed E-state index contributed by atoms with van der Waals surface area (Å²) in [6.45, 7) is 7.37. The fourth-order valence-electron chi connectivity index (χ4n) is 3.40. The molecule has 1 atom stereocenters. The highest BCUT2D eigenvalue weighted by atomic mass is 32.1. The first kappa shape index (κ1) is 17.3. The van der Waals surface area contributed by atoms with Crippen molar-refractivity contribution in [2.24, 2.45) is 11.8 Å². The summed E-state index contributed by atoms with van der Waals surface area (Å²) in [6.07, 6.45) is 5.20. The Kier molecular flexibility index (Phi) is 4.81. The summed E-state index contributed by atoms with van der Waals surface area (Å²) in [7, 11) is 0. The Morgan fingerprint density at radius 2 is 2.04 bits per heavy atom. The van der Waals surface area contributed by atoms with Crippen LogP contribution in [0.4, 0.5) is 11.5 Å². The maximum Gasteiger partial charge on any atom is 0.142 e. The molecule has 2 aromatic heterocycles. The van der Waals surface area contributed by atoms with Crippen LogP contribution in [-0.4, -0.2) is 16.6 Å². The lowest BCUT2D eigenvalue weighted by molar-refractivity contribution is 0.271. The van der Waals surface area contributed by atoms with Gasteiger partial charge in [0.2, 0.25) is 0 Å². The van der Waals surface area contributed by atoms with Crippen molar-refractivity contribution in [3.05, 3.63) is 41.0 Å². The molecule has 0 bridgehead atoms. The zero-order chi connectivity index (χ0) is 18.1. The van der Waals surface area contributed by atoms with Crippen LogP contribution in [0.1, 0.15) is 37.6 Å². The molecule has 0 spiro atoms. The van der Waals surface area contributed by atoms with Crippen LogP contribution in [0.25, 0.3) is 10.2 Å². The van der Waals surface area contributed by atoms with Crippen LogP contribution in [0.2, 0.25) is 0 Å². The Hall–Kier alpha value is -2.14. The van der Waals surface area contributed by atoms with Crippen molar-refractivity contribution in [1.82, 2.24) is 9.97 Å². The smallest absolute Gasteiger partial charge is 0.142 e. The van der Waals surface area contributed by atoms with Gasteiger partial charge in [-0.25, -0.2) is 9.97 Å². The topological polar surface area (TPSA) is 47.0 Å². The van der Waals surface area contributed by atoms with E-state index in [0.29, 0.717) is 5.92 Å². The van der Waals surface area contributed by atoms with E-state index in [-0.39, 0.29) is 0 Å². The third-order valence-electron chi connectivity index (χ3n) is 4.79. The Bertz CT molecular complexity index is 902. The number of nitrogens with zero attached hydrogens (tertiary/aromatic N) is 2. The lowest BCUT2D eigenvalue weighted by Crippen LogP contribution is -2.09. The summed E-state index contributed by atoms with van der Waals surface area (Å²) < 4.78 is 5.76. The van der Waals surface area contributed by atoms with Crippen molar-refractivity contribution in [2.75, 3.05) is 11.9 Å². The zero-order valence-electron chi connectivity index (χ0n) is 15.6. The van der Waals surface area contributed by atoms with E-state index in [2.05, 4.69) is 36.1 Å². The molecule has 0 amide bonds. The molecule has 4 rings (SSSR count). The average Bonchev–Trinajstić information content (AvgIpc) is 2.99. The van der Waals surface area contributed by atoms with E-state index in [1.54, 1.807) is 6.33 Å². The maximum absolute atomic E-state index is 5.76. The molecule has 0 aliphatic heterocycles. The highest BCUT2D eigenvalue weighted by Gasteiger charge is 2.23. The first-order valence-electron chi connectivity index (χ1n) is 9.35. The third kappa shape index (κ3) is 3.54. The fraction of sp³-hybridized carbons (Fsp3) is 0.429. The summed E-state index contributed by atoms with van der Waals surface area (Å²) in [4.78, 5) is 11.6. The summed E-state index contributed by atoms with van der Waals surface area (Å²) >= 11 is 1.83. The predicted molar refractivity (Wildman–Crippen MR) is 109 cm³/mol. The van der Waals surface area contributed by atoms with Gasteiger partial charge in [-0.1, -0.05) is 20.8 Å². The van der Waals surface area contributed by atoms with Crippen molar-refractivity contribution < 1.29 is 4.74 Å². The molecule has 2 heterocycles. The number of thiophene rings is 1. The van der Waals surface area contributed by atoms with Gasteiger partial charge in [0, 0.05) is 10.6 Å². The standard InChI is InChI=1S/C21H25N3OS/c1-13(2)11-25-16-7-5-15(6-8-16)24-20-19-17-9-4-14(3)10-18(17)26-21(19)23-12-22-20/h5-8,12-14H,4,9-11H2,1-3H3,(H,22,23,24). The number of hydrogen-bond donors (Lipinski definition) is 1. The van der Waals surface area contributed by atoms with E-state index in [9.17, 15) is 0 Å².